The largest absolute Gasteiger partial charge is 0.513 e. The van der Waals surface area contributed by atoms with Crippen molar-refractivity contribution in [2.24, 2.45) is 0 Å². The van der Waals surface area contributed by atoms with Crippen molar-refractivity contribution in [2.45, 2.75) is 19.4 Å². The lowest BCUT2D eigenvalue weighted by Gasteiger charge is -2.15. The van der Waals surface area contributed by atoms with Gasteiger partial charge in [-0.1, -0.05) is 18.2 Å². The highest BCUT2D eigenvalue weighted by Gasteiger charge is 2.16. The van der Waals surface area contributed by atoms with Crippen LogP contribution in [0.25, 0.3) is 0 Å². The van der Waals surface area contributed by atoms with Gasteiger partial charge in [-0.25, -0.2) is 9.37 Å². The number of hydrogen-bond acceptors (Lipinski definition) is 8. The Balaban J connectivity index is 1.86. The van der Waals surface area contributed by atoms with Gasteiger partial charge in [0, 0.05) is 42.1 Å². The molecule has 3 rings (SSSR count). The van der Waals surface area contributed by atoms with Crippen molar-refractivity contribution in [3.63, 3.8) is 0 Å². The van der Waals surface area contributed by atoms with Crippen LogP contribution >= 0.6 is 22.9 Å². The fourth-order valence-electron chi connectivity index (χ4n) is 2.73. The van der Waals surface area contributed by atoms with Crippen molar-refractivity contribution in [2.75, 3.05) is 19.0 Å². The molecule has 11 heteroatoms. The van der Waals surface area contributed by atoms with E-state index in [-0.39, 0.29) is 46.4 Å². The molecule has 0 radical (unpaired) electrons. The van der Waals surface area contributed by atoms with Crippen LogP contribution in [0.3, 0.4) is 0 Å². The molecule has 2 N–H and O–H groups in total. The lowest BCUT2D eigenvalue weighted by Crippen LogP contribution is -2.19. The van der Waals surface area contributed by atoms with Gasteiger partial charge >= 0.3 is 0 Å². The number of thiazole rings is 1. The molecule has 174 valence electrons. The number of ether oxygens (including phenoxy) is 3. The Hall–Kier alpha value is -3.21. The highest BCUT2D eigenvalue weighted by molar-refractivity contribution is 7.14. The van der Waals surface area contributed by atoms with Crippen LogP contribution in [0.4, 0.5) is 9.52 Å². The van der Waals surface area contributed by atoms with E-state index in [9.17, 15) is 14.3 Å². The van der Waals surface area contributed by atoms with Gasteiger partial charge in [-0.15, -0.1) is 11.3 Å². The van der Waals surface area contributed by atoms with E-state index in [1.54, 1.807) is 12.3 Å². The highest BCUT2D eigenvalue weighted by Crippen LogP contribution is 2.28. The van der Waals surface area contributed by atoms with E-state index in [0.717, 1.165) is 12.1 Å². The molecule has 8 nitrogen and oxygen atoms in total. The van der Waals surface area contributed by atoms with Gasteiger partial charge in [0.15, 0.2) is 5.13 Å². The number of aliphatic hydroxyl groups excluding tert-OH is 1. The van der Waals surface area contributed by atoms with E-state index in [1.807, 2.05) is 0 Å². The van der Waals surface area contributed by atoms with E-state index >= 15 is 0 Å². The molecule has 0 aliphatic heterocycles. The van der Waals surface area contributed by atoms with Crippen molar-refractivity contribution in [1.29, 1.82) is 0 Å². The number of pyridine rings is 1. The maximum absolute atomic E-state index is 13.7. The van der Waals surface area contributed by atoms with Crippen molar-refractivity contribution in [3.8, 4) is 17.5 Å². The number of nitrogens with one attached hydrogen (secondary N) is 1. The molecule has 0 saturated heterocycles. The first-order valence-corrected chi connectivity index (χ1v) is 10.9. The number of carbonyl (C=O) groups excluding carboxylic acids is 1. The SMILES string of the molecule is C=C(O)Cc1csc(NC(=O)c2cc(Oc3cc(F)cc(Cl)c3)nc(O[C@H](C)COC)c2)n1. The number of allylic oxidation sites excluding steroid dienone is 1. The lowest BCUT2D eigenvalue weighted by atomic mass is 10.2. The van der Waals surface area contributed by atoms with Gasteiger partial charge in [0.05, 0.1) is 23.6 Å². The molecule has 33 heavy (non-hydrogen) atoms. The number of anilines is 1. The third-order valence-corrected chi connectivity index (χ3v) is 5.00. The summed E-state index contributed by atoms with van der Waals surface area (Å²) in [6.45, 7) is 5.50. The van der Waals surface area contributed by atoms with Gasteiger partial charge in [-0.05, 0) is 19.1 Å². The second-order valence-corrected chi connectivity index (χ2v) is 8.26. The number of hydrogen-bond donors (Lipinski definition) is 2. The molecule has 0 spiro atoms. The summed E-state index contributed by atoms with van der Waals surface area (Å²) in [5.74, 6) is -0.885. The summed E-state index contributed by atoms with van der Waals surface area (Å²) >= 11 is 7.09. The number of nitrogens with zero attached hydrogens (tertiary/aromatic N) is 2. The highest BCUT2D eigenvalue weighted by atomic mass is 35.5. The van der Waals surface area contributed by atoms with Crippen LogP contribution in [0.5, 0.6) is 17.5 Å². The van der Waals surface area contributed by atoms with E-state index in [0.29, 0.717) is 17.4 Å². The van der Waals surface area contributed by atoms with Crippen molar-refractivity contribution in [1.82, 2.24) is 9.97 Å². The number of rotatable bonds is 10. The number of aromatic nitrogens is 2. The molecular formula is C22H21ClFN3O5S. The Morgan fingerprint density at radius 1 is 1.27 bits per heavy atom. The van der Waals surface area contributed by atoms with Gasteiger partial charge in [0.2, 0.25) is 11.8 Å². The first-order chi connectivity index (χ1) is 15.7. The molecule has 0 unspecified atom stereocenters. The van der Waals surface area contributed by atoms with Crippen LogP contribution in [0.15, 0.2) is 48.0 Å². The first-order valence-electron chi connectivity index (χ1n) is 9.66. The summed E-state index contributed by atoms with van der Waals surface area (Å²) in [6, 6.07) is 6.52. The second-order valence-electron chi connectivity index (χ2n) is 6.96. The third-order valence-electron chi connectivity index (χ3n) is 3.98. The molecule has 2 heterocycles. The molecular weight excluding hydrogens is 473 g/mol. The van der Waals surface area contributed by atoms with Gasteiger partial charge in [0.1, 0.15) is 17.7 Å². The molecule has 0 fully saturated rings. The molecule has 0 bridgehead atoms. The van der Waals surface area contributed by atoms with E-state index in [1.165, 1.54) is 36.6 Å². The number of aliphatic hydroxyl groups is 1. The van der Waals surface area contributed by atoms with Crippen LogP contribution in [0, 0.1) is 5.82 Å². The monoisotopic (exact) mass is 493 g/mol. The summed E-state index contributed by atoms with van der Waals surface area (Å²) in [7, 11) is 1.54. The molecule has 1 atom stereocenters. The molecule has 2 aromatic heterocycles. The van der Waals surface area contributed by atoms with Crippen molar-refractivity contribution >= 4 is 34.0 Å². The molecule has 0 aliphatic rings. The Morgan fingerprint density at radius 3 is 2.73 bits per heavy atom. The Labute approximate surface area is 198 Å². The average molecular weight is 494 g/mol. The molecule has 1 aromatic carbocycles. The molecule has 0 aliphatic carbocycles. The zero-order chi connectivity index (χ0) is 24.0. The van der Waals surface area contributed by atoms with Crippen LogP contribution in [0.1, 0.15) is 23.0 Å². The number of amides is 1. The Kier molecular flexibility index (Phi) is 8.21. The minimum Gasteiger partial charge on any atom is -0.513 e. The Morgan fingerprint density at radius 2 is 2.03 bits per heavy atom. The summed E-state index contributed by atoms with van der Waals surface area (Å²) in [5.41, 5.74) is 0.743. The smallest absolute Gasteiger partial charge is 0.257 e. The number of carbonyl (C=O) groups is 1. The summed E-state index contributed by atoms with van der Waals surface area (Å²) in [4.78, 5) is 21.3. The summed E-state index contributed by atoms with van der Waals surface area (Å²) < 4.78 is 30.1. The third kappa shape index (κ3) is 7.41. The number of methoxy groups -OCH3 is 1. The normalized spacial score (nSPS) is 11.6. The van der Waals surface area contributed by atoms with Crippen LogP contribution < -0.4 is 14.8 Å². The van der Waals surface area contributed by atoms with Crippen LogP contribution in [-0.4, -0.2) is 40.8 Å². The average Bonchev–Trinajstić information content (AvgIpc) is 3.13. The quantitative estimate of drug-likeness (QED) is 0.364. The number of halogens is 2. The summed E-state index contributed by atoms with van der Waals surface area (Å²) in [6.07, 6.45) is -0.170. The van der Waals surface area contributed by atoms with Crippen molar-refractivity contribution in [3.05, 3.63) is 70.1 Å². The van der Waals surface area contributed by atoms with Gasteiger partial charge < -0.3 is 19.3 Å². The van der Waals surface area contributed by atoms with E-state index < -0.39 is 11.7 Å². The number of benzene rings is 1. The van der Waals surface area contributed by atoms with Crippen LogP contribution in [-0.2, 0) is 11.2 Å². The lowest BCUT2D eigenvalue weighted by molar-refractivity contribution is 0.0882. The van der Waals surface area contributed by atoms with Crippen molar-refractivity contribution < 1.29 is 28.5 Å². The maximum Gasteiger partial charge on any atom is 0.257 e. The minimum atomic E-state index is -0.582. The first kappa shape index (κ1) is 24.4. The summed E-state index contributed by atoms with van der Waals surface area (Å²) in [5, 5.41) is 14.2. The fourth-order valence-corrected chi connectivity index (χ4v) is 3.65. The maximum atomic E-state index is 13.7. The molecule has 1 amide bonds. The van der Waals surface area contributed by atoms with E-state index in [2.05, 4.69) is 21.9 Å². The van der Waals surface area contributed by atoms with Gasteiger partial charge in [-0.2, -0.15) is 4.98 Å². The van der Waals surface area contributed by atoms with Crippen LogP contribution in [0.2, 0.25) is 5.02 Å². The predicted molar refractivity (Wildman–Crippen MR) is 123 cm³/mol. The Bertz CT molecular complexity index is 1140. The fraction of sp³-hybridized carbons (Fsp3) is 0.227. The minimum absolute atomic E-state index is 0.000316. The molecule has 0 saturated carbocycles. The second kappa shape index (κ2) is 11.1. The zero-order valence-corrected chi connectivity index (χ0v) is 19.4. The van der Waals surface area contributed by atoms with Gasteiger partial charge in [-0.3, -0.25) is 10.1 Å². The standard InChI is InChI=1S/C22H21ClFN3O5S/c1-12(28)4-17-11-33-22(25-17)27-21(29)14-5-19(31-13(2)10-30-3)26-20(6-14)32-18-8-15(23)7-16(24)9-18/h5-9,11,13,28H,1,4,10H2,2-3H3,(H,25,27,29)/t13-/m1/s1. The molecule has 3 aromatic rings. The van der Waals surface area contributed by atoms with E-state index in [4.69, 9.17) is 25.8 Å². The predicted octanol–water partition coefficient (Wildman–Crippen LogP) is 5.40. The van der Waals surface area contributed by atoms with Gasteiger partial charge in [0.25, 0.3) is 5.91 Å². The zero-order valence-electron chi connectivity index (χ0n) is 17.8. The topological polar surface area (TPSA) is 103 Å².